The molecule has 0 aliphatic heterocycles. The first kappa shape index (κ1) is 11.6. The monoisotopic (exact) mass is 245 g/mol. The van der Waals surface area contributed by atoms with Gasteiger partial charge in [-0.3, -0.25) is 5.10 Å². The van der Waals surface area contributed by atoms with Crippen molar-refractivity contribution >= 4 is 10.0 Å². The molecule has 7 heteroatoms. The molecule has 0 amide bonds. The van der Waals surface area contributed by atoms with Crippen molar-refractivity contribution in [2.75, 3.05) is 6.54 Å². The van der Waals surface area contributed by atoms with Gasteiger partial charge in [-0.15, -0.1) is 0 Å². The smallest absolute Gasteiger partial charge is 0.257 e. The van der Waals surface area contributed by atoms with Crippen LogP contribution in [0.25, 0.3) is 0 Å². The molecule has 90 valence electrons. The fraction of sp³-hybridized carbons (Fsp3) is 0.667. The van der Waals surface area contributed by atoms with Gasteiger partial charge in [-0.25, -0.2) is 13.1 Å². The maximum absolute atomic E-state index is 11.9. The number of hydrogen-bond donors (Lipinski definition) is 3. The molecule has 0 atom stereocenters. The molecule has 1 heterocycles. The van der Waals surface area contributed by atoms with Gasteiger partial charge in [0, 0.05) is 12.1 Å². The third kappa shape index (κ3) is 2.26. The number of rotatable bonds is 5. The fourth-order valence-electron chi connectivity index (χ4n) is 1.38. The van der Waals surface area contributed by atoms with Crippen molar-refractivity contribution in [1.82, 2.24) is 14.9 Å². The average Bonchev–Trinajstić information content (AvgIpc) is 2.81. The molecule has 0 saturated heterocycles. The predicted molar refractivity (Wildman–Crippen MR) is 57.0 cm³/mol. The lowest BCUT2D eigenvalue weighted by Crippen LogP contribution is -2.30. The van der Waals surface area contributed by atoms with Crippen LogP contribution in [0.2, 0.25) is 0 Å². The molecule has 1 aliphatic rings. The molecule has 3 N–H and O–H groups in total. The number of hydrogen-bond acceptors (Lipinski definition) is 4. The molecule has 1 aromatic rings. The van der Waals surface area contributed by atoms with Gasteiger partial charge in [-0.1, -0.05) is 6.92 Å². The van der Waals surface area contributed by atoms with E-state index >= 15 is 0 Å². The molecule has 1 fully saturated rings. The highest BCUT2D eigenvalue weighted by atomic mass is 32.2. The Kier molecular flexibility index (Phi) is 2.77. The maximum Gasteiger partial charge on any atom is 0.257 e. The van der Waals surface area contributed by atoms with Crippen molar-refractivity contribution in [1.29, 1.82) is 0 Å². The van der Waals surface area contributed by atoms with Crippen LogP contribution in [0.3, 0.4) is 0 Å². The first-order valence-electron chi connectivity index (χ1n) is 5.10. The largest absolute Gasteiger partial charge is 0.392 e. The highest BCUT2D eigenvalue weighted by Gasteiger charge is 2.38. The van der Waals surface area contributed by atoms with Gasteiger partial charge >= 0.3 is 0 Å². The van der Waals surface area contributed by atoms with Crippen molar-refractivity contribution in [2.45, 2.75) is 31.4 Å². The summed E-state index contributed by atoms with van der Waals surface area (Å²) in [5, 5.41) is 14.9. The van der Waals surface area contributed by atoms with Crippen LogP contribution in [-0.2, 0) is 16.6 Å². The minimum Gasteiger partial charge on any atom is -0.392 e. The fourth-order valence-corrected chi connectivity index (χ4v) is 2.69. The Bertz CT molecular complexity index is 476. The molecular weight excluding hydrogens is 230 g/mol. The lowest BCUT2D eigenvalue weighted by atomic mass is 10.2. The molecule has 0 aromatic carbocycles. The summed E-state index contributed by atoms with van der Waals surface area (Å²) in [6, 6.07) is 0. The van der Waals surface area contributed by atoms with Crippen LogP contribution in [-0.4, -0.2) is 30.3 Å². The maximum atomic E-state index is 11.9. The lowest BCUT2D eigenvalue weighted by Gasteiger charge is -2.10. The lowest BCUT2D eigenvalue weighted by molar-refractivity contribution is 0.278. The third-order valence-corrected chi connectivity index (χ3v) is 4.33. The van der Waals surface area contributed by atoms with Crippen LogP contribution in [0.5, 0.6) is 0 Å². The molecule has 0 spiro atoms. The van der Waals surface area contributed by atoms with E-state index in [0.29, 0.717) is 6.54 Å². The van der Waals surface area contributed by atoms with Crippen LogP contribution in [0.4, 0.5) is 0 Å². The summed E-state index contributed by atoms with van der Waals surface area (Å²) in [5.74, 6) is 0. The second-order valence-electron chi connectivity index (χ2n) is 4.52. The Labute approximate surface area is 94.1 Å². The van der Waals surface area contributed by atoms with E-state index in [9.17, 15) is 8.42 Å². The topological polar surface area (TPSA) is 95.1 Å². The van der Waals surface area contributed by atoms with Gasteiger partial charge in [-0.2, -0.15) is 5.10 Å². The number of nitrogens with one attached hydrogen (secondary N) is 2. The molecule has 2 rings (SSSR count). The van der Waals surface area contributed by atoms with Gasteiger partial charge in [-0.05, 0) is 18.3 Å². The van der Waals surface area contributed by atoms with Crippen molar-refractivity contribution in [3.8, 4) is 0 Å². The van der Waals surface area contributed by atoms with Crippen LogP contribution in [0.1, 0.15) is 25.3 Å². The number of nitrogens with zero attached hydrogens (tertiary/aromatic N) is 1. The van der Waals surface area contributed by atoms with Crippen molar-refractivity contribution in [3.05, 3.63) is 11.8 Å². The molecule has 1 aliphatic carbocycles. The highest BCUT2D eigenvalue weighted by molar-refractivity contribution is 7.89. The second-order valence-corrected chi connectivity index (χ2v) is 6.22. The summed E-state index contributed by atoms with van der Waals surface area (Å²) in [5.41, 5.74) is 0.389. The molecule has 16 heavy (non-hydrogen) atoms. The van der Waals surface area contributed by atoms with Gasteiger partial charge in [0.15, 0.2) is 5.03 Å². The highest BCUT2D eigenvalue weighted by Crippen LogP contribution is 2.44. The van der Waals surface area contributed by atoms with E-state index in [1.54, 1.807) is 0 Å². The first-order valence-corrected chi connectivity index (χ1v) is 6.58. The molecule has 0 unspecified atom stereocenters. The summed E-state index contributed by atoms with van der Waals surface area (Å²) in [4.78, 5) is 0. The van der Waals surface area contributed by atoms with Crippen LogP contribution >= 0.6 is 0 Å². The molecule has 0 bridgehead atoms. The Balaban J connectivity index is 2.12. The van der Waals surface area contributed by atoms with Crippen LogP contribution < -0.4 is 4.72 Å². The van der Waals surface area contributed by atoms with Crippen molar-refractivity contribution in [2.24, 2.45) is 5.41 Å². The quantitative estimate of drug-likeness (QED) is 0.679. The zero-order chi connectivity index (χ0) is 11.8. The Morgan fingerprint density at radius 1 is 1.62 bits per heavy atom. The van der Waals surface area contributed by atoms with Gasteiger partial charge in [0.1, 0.15) is 0 Å². The van der Waals surface area contributed by atoms with E-state index in [4.69, 9.17) is 5.11 Å². The Hall–Kier alpha value is -0.920. The molecular formula is C9H15N3O3S. The zero-order valence-electron chi connectivity index (χ0n) is 9.02. The van der Waals surface area contributed by atoms with E-state index in [2.05, 4.69) is 14.9 Å². The van der Waals surface area contributed by atoms with Crippen LogP contribution in [0.15, 0.2) is 11.2 Å². The predicted octanol–water partition coefficient (Wildman–Crippen LogP) is -0.0196. The second kappa shape index (κ2) is 3.83. The van der Waals surface area contributed by atoms with E-state index in [1.165, 1.54) is 6.20 Å². The molecule has 0 radical (unpaired) electrons. The Morgan fingerprint density at radius 2 is 2.31 bits per heavy atom. The van der Waals surface area contributed by atoms with Gasteiger partial charge < -0.3 is 5.11 Å². The van der Waals surface area contributed by atoms with E-state index in [-0.39, 0.29) is 22.6 Å². The minimum absolute atomic E-state index is 0.0424. The van der Waals surface area contributed by atoms with E-state index < -0.39 is 10.0 Å². The summed E-state index contributed by atoms with van der Waals surface area (Å²) in [6.45, 7) is 2.12. The number of H-pyrrole nitrogens is 1. The number of aromatic nitrogens is 2. The van der Waals surface area contributed by atoms with Crippen molar-refractivity contribution < 1.29 is 13.5 Å². The summed E-state index contributed by atoms with van der Waals surface area (Å²) < 4.78 is 26.2. The summed E-state index contributed by atoms with van der Waals surface area (Å²) >= 11 is 0. The SMILES string of the molecule is CC1(CNS(=O)(=O)c2[nH]ncc2CO)CC1. The van der Waals surface area contributed by atoms with E-state index in [1.807, 2.05) is 6.92 Å². The number of aromatic amines is 1. The number of aliphatic hydroxyl groups excluding tert-OH is 1. The first-order chi connectivity index (χ1) is 7.47. The van der Waals surface area contributed by atoms with Gasteiger partial charge in [0.05, 0.1) is 12.8 Å². The van der Waals surface area contributed by atoms with Crippen LogP contribution in [0, 0.1) is 5.41 Å². The molecule has 1 aromatic heterocycles. The normalized spacial score (nSPS) is 18.6. The summed E-state index contributed by atoms with van der Waals surface area (Å²) in [7, 11) is -3.58. The standard InChI is InChI=1S/C9H15N3O3S/c1-9(2-3-9)6-11-16(14,15)8-7(5-13)4-10-12-8/h4,11,13H,2-3,5-6H2,1H3,(H,10,12). The van der Waals surface area contributed by atoms with E-state index in [0.717, 1.165) is 12.8 Å². The average molecular weight is 245 g/mol. The molecule has 1 saturated carbocycles. The van der Waals surface area contributed by atoms with Gasteiger partial charge in [0.25, 0.3) is 10.0 Å². The van der Waals surface area contributed by atoms with Crippen molar-refractivity contribution in [3.63, 3.8) is 0 Å². The molecule has 6 nitrogen and oxygen atoms in total. The number of sulfonamides is 1. The number of aliphatic hydroxyl groups is 1. The third-order valence-electron chi connectivity index (χ3n) is 2.91. The summed E-state index contributed by atoms with van der Waals surface area (Å²) in [6.07, 6.45) is 3.41. The minimum atomic E-state index is -3.58. The zero-order valence-corrected chi connectivity index (χ0v) is 9.84. The van der Waals surface area contributed by atoms with Gasteiger partial charge in [0.2, 0.25) is 0 Å². The Morgan fingerprint density at radius 3 is 2.88 bits per heavy atom.